The van der Waals surface area contributed by atoms with Gasteiger partial charge in [0.25, 0.3) is 0 Å². The van der Waals surface area contributed by atoms with E-state index in [0.29, 0.717) is 6.42 Å². The van der Waals surface area contributed by atoms with E-state index >= 15 is 0 Å². The first-order valence-electron chi connectivity index (χ1n) is 9.02. The van der Waals surface area contributed by atoms with Crippen molar-refractivity contribution in [1.29, 1.82) is 0 Å². The van der Waals surface area contributed by atoms with Crippen molar-refractivity contribution >= 4 is 11.6 Å². The lowest BCUT2D eigenvalue weighted by Gasteiger charge is -2.28. The van der Waals surface area contributed by atoms with Gasteiger partial charge >= 0.3 is 0 Å². The molecule has 2 N–H and O–H groups in total. The van der Waals surface area contributed by atoms with Crippen LogP contribution in [0.2, 0.25) is 0 Å². The standard InChI is InChI=1S/C23H22N2O/c26-22-23(19-11-5-2-6-12-19,20-13-7-8-14-21(20)25-22)15-16-24-17-18-9-3-1-4-10-18/h1-14,24H,15-17H2,(H,25,26). The zero-order chi connectivity index (χ0) is 17.8. The van der Waals surface area contributed by atoms with E-state index in [2.05, 4.69) is 41.0 Å². The van der Waals surface area contributed by atoms with Gasteiger partial charge in [-0.05, 0) is 35.7 Å². The smallest absolute Gasteiger partial charge is 0.239 e. The highest BCUT2D eigenvalue weighted by Crippen LogP contribution is 2.44. The van der Waals surface area contributed by atoms with Crippen LogP contribution >= 0.6 is 0 Å². The van der Waals surface area contributed by atoms with Crippen molar-refractivity contribution in [2.45, 2.75) is 18.4 Å². The fourth-order valence-corrected chi connectivity index (χ4v) is 3.82. The number of rotatable bonds is 6. The van der Waals surface area contributed by atoms with Crippen molar-refractivity contribution in [3.05, 3.63) is 102 Å². The van der Waals surface area contributed by atoms with Crippen molar-refractivity contribution in [3.63, 3.8) is 0 Å². The quantitative estimate of drug-likeness (QED) is 0.662. The summed E-state index contributed by atoms with van der Waals surface area (Å²) in [5, 5.41) is 6.57. The second-order valence-electron chi connectivity index (χ2n) is 6.68. The van der Waals surface area contributed by atoms with Gasteiger partial charge < -0.3 is 10.6 Å². The molecule has 1 atom stereocenters. The number of amides is 1. The zero-order valence-corrected chi connectivity index (χ0v) is 14.6. The van der Waals surface area contributed by atoms with Gasteiger partial charge in [0.2, 0.25) is 5.91 Å². The molecule has 1 unspecified atom stereocenters. The Labute approximate surface area is 154 Å². The molecule has 1 aliphatic rings. The second kappa shape index (κ2) is 7.14. The molecule has 0 saturated heterocycles. The minimum atomic E-state index is -0.637. The van der Waals surface area contributed by atoms with Crippen molar-refractivity contribution < 1.29 is 4.79 Å². The van der Waals surface area contributed by atoms with Crippen LogP contribution < -0.4 is 10.6 Å². The molecule has 3 aromatic carbocycles. The Bertz CT molecular complexity index is 892. The van der Waals surface area contributed by atoms with Gasteiger partial charge in [-0.1, -0.05) is 78.9 Å². The molecule has 0 spiro atoms. The van der Waals surface area contributed by atoms with Crippen molar-refractivity contribution in [2.75, 3.05) is 11.9 Å². The molecule has 3 nitrogen and oxygen atoms in total. The zero-order valence-electron chi connectivity index (χ0n) is 14.6. The Morgan fingerprint density at radius 3 is 2.23 bits per heavy atom. The number of hydrogen-bond donors (Lipinski definition) is 2. The van der Waals surface area contributed by atoms with Gasteiger partial charge in [-0.25, -0.2) is 0 Å². The first kappa shape index (κ1) is 16.6. The Morgan fingerprint density at radius 1 is 0.808 bits per heavy atom. The van der Waals surface area contributed by atoms with Crippen molar-refractivity contribution in [3.8, 4) is 0 Å². The number of carbonyl (C=O) groups is 1. The Morgan fingerprint density at radius 2 is 1.46 bits per heavy atom. The minimum absolute atomic E-state index is 0.0615. The first-order chi connectivity index (χ1) is 12.8. The molecule has 0 aliphatic carbocycles. The molecule has 4 rings (SSSR count). The van der Waals surface area contributed by atoms with Crippen LogP contribution in [-0.4, -0.2) is 12.5 Å². The van der Waals surface area contributed by atoms with Gasteiger partial charge in [0.15, 0.2) is 0 Å². The SMILES string of the molecule is O=C1Nc2ccccc2C1(CCNCc1ccccc1)c1ccccc1. The van der Waals surface area contributed by atoms with E-state index in [1.165, 1.54) is 5.56 Å². The average Bonchev–Trinajstić information content (AvgIpc) is 2.99. The summed E-state index contributed by atoms with van der Waals surface area (Å²) in [5.41, 5.74) is 3.64. The van der Waals surface area contributed by atoms with Crippen LogP contribution in [0.1, 0.15) is 23.1 Å². The van der Waals surface area contributed by atoms with E-state index in [4.69, 9.17) is 0 Å². The molecular weight excluding hydrogens is 320 g/mol. The molecule has 1 heterocycles. The number of para-hydroxylation sites is 1. The maximum Gasteiger partial charge on any atom is 0.239 e. The van der Waals surface area contributed by atoms with Crippen LogP contribution in [0.3, 0.4) is 0 Å². The third-order valence-corrected chi connectivity index (χ3v) is 5.14. The summed E-state index contributed by atoms with van der Waals surface area (Å²) in [5.74, 6) is 0.0615. The van der Waals surface area contributed by atoms with Gasteiger partial charge in [0.05, 0.1) is 0 Å². The molecule has 3 heteroatoms. The molecule has 3 aromatic rings. The van der Waals surface area contributed by atoms with Gasteiger partial charge in [-0.3, -0.25) is 4.79 Å². The summed E-state index contributed by atoms with van der Waals surface area (Å²) in [7, 11) is 0. The number of hydrogen-bond acceptors (Lipinski definition) is 2. The summed E-state index contributed by atoms with van der Waals surface area (Å²) in [6.07, 6.45) is 0.715. The molecule has 0 bridgehead atoms. The molecule has 0 aromatic heterocycles. The molecular formula is C23H22N2O. The van der Waals surface area contributed by atoms with E-state index in [1.807, 2.05) is 54.6 Å². The number of carbonyl (C=O) groups excluding carboxylic acids is 1. The normalized spacial score (nSPS) is 18.4. The van der Waals surface area contributed by atoms with Crippen LogP contribution in [0.5, 0.6) is 0 Å². The largest absolute Gasteiger partial charge is 0.325 e. The highest BCUT2D eigenvalue weighted by molar-refractivity contribution is 6.08. The Balaban J connectivity index is 1.60. The molecule has 26 heavy (non-hydrogen) atoms. The Kier molecular flexibility index (Phi) is 4.55. The summed E-state index contributed by atoms with van der Waals surface area (Å²) < 4.78 is 0. The van der Waals surface area contributed by atoms with Gasteiger partial charge in [0, 0.05) is 12.2 Å². The van der Waals surface area contributed by atoms with Crippen LogP contribution in [0, 0.1) is 0 Å². The molecule has 0 fully saturated rings. The number of anilines is 1. The van der Waals surface area contributed by atoms with Gasteiger partial charge in [-0.2, -0.15) is 0 Å². The van der Waals surface area contributed by atoms with Crippen LogP contribution in [0.4, 0.5) is 5.69 Å². The van der Waals surface area contributed by atoms with Crippen molar-refractivity contribution in [2.24, 2.45) is 0 Å². The van der Waals surface area contributed by atoms with Crippen LogP contribution in [-0.2, 0) is 16.8 Å². The number of benzene rings is 3. The molecule has 0 saturated carbocycles. The molecule has 130 valence electrons. The van der Waals surface area contributed by atoms with Crippen LogP contribution in [0.15, 0.2) is 84.9 Å². The second-order valence-corrected chi connectivity index (χ2v) is 6.68. The first-order valence-corrected chi connectivity index (χ1v) is 9.02. The fraction of sp³-hybridized carbons (Fsp3) is 0.174. The number of nitrogens with one attached hydrogen (secondary N) is 2. The monoisotopic (exact) mass is 342 g/mol. The summed E-state index contributed by atoms with van der Waals surface area (Å²) >= 11 is 0. The predicted molar refractivity (Wildman–Crippen MR) is 105 cm³/mol. The lowest BCUT2D eigenvalue weighted by molar-refractivity contribution is -0.119. The molecule has 1 aliphatic heterocycles. The minimum Gasteiger partial charge on any atom is -0.325 e. The highest BCUT2D eigenvalue weighted by atomic mass is 16.2. The third-order valence-electron chi connectivity index (χ3n) is 5.14. The van der Waals surface area contributed by atoms with E-state index in [0.717, 1.165) is 29.9 Å². The highest BCUT2D eigenvalue weighted by Gasteiger charge is 2.47. The average molecular weight is 342 g/mol. The third kappa shape index (κ3) is 2.91. The molecule has 1 amide bonds. The maximum absolute atomic E-state index is 13.1. The topological polar surface area (TPSA) is 41.1 Å². The van der Waals surface area contributed by atoms with E-state index in [9.17, 15) is 4.79 Å². The van der Waals surface area contributed by atoms with E-state index in [-0.39, 0.29) is 5.91 Å². The predicted octanol–water partition coefficient (Wildman–Crippen LogP) is 4.10. The maximum atomic E-state index is 13.1. The number of fused-ring (bicyclic) bond motifs is 1. The fourth-order valence-electron chi connectivity index (χ4n) is 3.82. The summed E-state index contributed by atoms with van der Waals surface area (Å²) in [6, 6.07) is 28.5. The lowest BCUT2D eigenvalue weighted by Crippen LogP contribution is -2.38. The van der Waals surface area contributed by atoms with Crippen LogP contribution in [0.25, 0.3) is 0 Å². The van der Waals surface area contributed by atoms with Gasteiger partial charge in [0.1, 0.15) is 5.41 Å². The van der Waals surface area contributed by atoms with E-state index < -0.39 is 5.41 Å². The van der Waals surface area contributed by atoms with Gasteiger partial charge in [-0.15, -0.1) is 0 Å². The summed E-state index contributed by atoms with van der Waals surface area (Å²) in [6.45, 7) is 1.56. The van der Waals surface area contributed by atoms with E-state index in [1.54, 1.807) is 0 Å². The summed E-state index contributed by atoms with van der Waals surface area (Å²) in [4.78, 5) is 13.1. The Hall–Kier alpha value is -2.91. The van der Waals surface area contributed by atoms with Crippen molar-refractivity contribution in [1.82, 2.24) is 5.32 Å². The lowest BCUT2D eigenvalue weighted by atomic mass is 9.73. The molecule has 0 radical (unpaired) electrons.